The van der Waals surface area contributed by atoms with Gasteiger partial charge in [0.05, 0.1) is 12.7 Å². The molecule has 0 aliphatic rings. The number of aryl methyl sites for hydroxylation is 1. The van der Waals surface area contributed by atoms with Gasteiger partial charge in [0.25, 0.3) is 0 Å². The van der Waals surface area contributed by atoms with E-state index in [2.05, 4.69) is 11.4 Å². The molecule has 3 nitrogen and oxygen atoms in total. The van der Waals surface area contributed by atoms with Crippen LogP contribution >= 0.6 is 11.6 Å². The SMILES string of the molecule is COCC(O)CCNCc1ccc(Cl)c(C)c1. The van der Waals surface area contributed by atoms with E-state index in [0.717, 1.165) is 23.7 Å². The van der Waals surface area contributed by atoms with Gasteiger partial charge in [0.1, 0.15) is 0 Å². The van der Waals surface area contributed by atoms with Crippen molar-refractivity contribution >= 4 is 11.6 Å². The molecule has 1 rings (SSSR count). The molecule has 0 radical (unpaired) electrons. The first-order chi connectivity index (χ1) is 8.13. The summed E-state index contributed by atoms with van der Waals surface area (Å²) in [5, 5.41) is 13.5. The molecule has 4 heteroatoms. The number of aliphatic hydroxyl groups is 1. The van der Waals surface area contributed by atoms with Gasteiger partial charge in [0.15, 0.2) is 0 Å². The Morgan fingerprint density at radius 2 is 2.24 bits per heavy atom. The number of hydrogen-bond donors (Lipinski definition) is 2. The summed E-state index contributed by atoms with van der Waals surface area (Å²) in [5.41, 5.74) is 2.29. The zero-order chi connectivity index (χ0) is 12.7. The van der Waals surface area contributed by atoms with Crippen molar-refractivity contribution in [2.45, 2.75) is 26.0 Å². The van der Waals surface area contributed by atoms with Crippen LogP contribution < -0.4 is 5.32 Å². The highest BCUT2D eigenvalue weighted by molar-refractivity contribution is 6.31. The van der Waals surface area contributed by atoms with Crippen LogP contribution in [0.4, 0.5) is 0 Å². The maximum absolute atomic E-state index is 9.44. The second kappa shape index (κ2) is 7.67. The Balaban J connectivity index is 2.24. The van der Waals surface area contributed by atoms with Gasteiger partial charge in [-0.15, -0.1) is 0 Å². The van der Waals surface area contributed by atoms with Gasteiger partial charge in [-0.1, -0.05) is 23.7 Å². The first-order valence-corrected chi connectivity index (χ1v) is 6.14. The molecule has 0 bridgehead atoms. The topological polar surface area (TPSA) is 41.5 Å². The molecule has 1 unspecified atom stereocenters. The van der Waals surface area contributed by atoms with Crippen molar-refractivity contribution in [3.8, 4) is 0 Å². The molecule has 96 valence electrons. The summed E-state index contributed by atoms with van der Waals surface area (Å²) < 4.78 is 4.86. The van der Waals surface area contributed by atoms with E-state index in [9.17, 15) is 5.11 Å². The average Bonchev–Trinajstić information content (AvgIpc) is 2.29. The maximum atomic E-state index is 9.44. The summed E-state index contributed by atoms with van der Waals surface area (Å²) in [6.45, 7) is 3.94. The molecule has 0 spiro atoms. The Morgan fingerprint density at radius 3 is 2.88 bits per heavy atom. The molecule has 1 aromatic rings. The predicted molar refractivity (Wildman–Crippen MR) is 70.4 cm³/mol. The van der Waals surface area contributed by atoms with E-state index in [-0.39, 0.29) is 6.10 Å². The third-order valence-corrected chi connectivity index (χ3v) is 2.99. The number of hydrogen-bond acceptors (Lipinski definition) is 3. The van der Waals surface area contributed by atoms with Gasteiger partial charge in [-0.25, -0.2) is 0 Å². The van der Waals surface area contributed by atoms with Crippen LogP contribution in [0.3, 0.4) is 0 Å². The van der Waals surface area contributed by atoms with E-state index < -0.39 is 0 Å². The van der Waals surface area contributed by atoms with Crippen LogP contribution in [-0.2, 0) is 11.3 Å². The Hall–Kier alpha value is -0.610. The average molecular weight is 258 g/mol. The number of halogens is 1. The van der Waals surface area contributed by atoms with Gasteiger partial charge in [0, 0.05) is 18.7 Å². The zero-order valence-corrected chi connectivity index (χ0v) is 11.1. The van der Waals surface area contributed by atoms with Crippen molar-refractivity contribution in [1.82, 2.24) is 5.32 Å². The first kappa shape index (κ1) is 14.5. The van der Waals surface area contributed by atoms with Gasteiger partial charge in [-0.05, 0) is 37.1 Å². The van der Waals surface area contributed by atoms with Gasteiger partial charge in [0.2, 0.25) is 0 Å². The second-order valence-electron chi connectivity index (χ2n) is 4.16. The van der Waals surface area contributed by atoms with Crippen molar-refractivity contribution in [3.63, 3.8) is 0 Å². The van der Waals surface area contributed by atoms with E-state index in [0.29, 0.717) is 13.0 Å². The zero-order valence-electron chi connectivity index (χ0n) is 10.4. The van der Waals surface area contributed by atoms with E-state index in [1.165, 1.54) is 5.56 Å². The minimum Gasteiger partial charge on any atom is -0.391 e. The number of rotatable bonds is 7. The lowest BCUT2D eigenvalue weighted by Gasteiger charge is -2.10. The van der Waals surface area contributed by atoms with Crippen molar-refractivity contribution in [1.29, 1.82) is 0 Å². The van der Waals surface area contributed by atoms with Crippen molar-refractivity contribution in [2.75, 3.05) is 20.3 Å². The molecule has 0 saturated carbocycles. The molecule has 1 atom stereocenters. The molecular weight excluding hydrogens is 238 g/mol. The standard InChI is InChI=1S/C13H20ClNO2/c1-10-7-11(3-4-13(10)14)8-15-6-5-12(16)9-17-2/h3-4,7,12,15-16H,5-6,8-9H2,1-2H3. The summed E-state index contributed by atoms with van der Waals surface area (Å²) >= 11 is 5.95. The fraction of sp³-hybridized carbons (Fsp3) is 0.538. The van der Waals surface area contributed by atoms with Gasteiger partial charge >= 0.3 is 0 Å². The number of nitrogens with one attached hydrogen (secondary N) is 1. The van der Waals surface area contributed by atoms with Gasteiger partial charge in [-0.2, -0.15) is 0 Å². The summed E-state index contributed by atoms with van der Waals surface area (Å²) in [4.78, 5) is 0. The fourth-order valence-corrected chi connectivity index (χ4v) is 1.71. The van der Waals surface area contributed by atoms with Crippen LogP contribution in [-0.4, -0.2) is 31.5 Å². The van der Waals surface area contributed by atoms with E-state index >= 15 is 0 Å². The molecule has 0 aliphatic heterocycles. The van der Waals surface area contributed by atoms with Gasteiger partial charge in [-0.3, -0.25) is 0 Å². The molecule has 0 fully saturated rings. The summed E-state index contributed by atoms with van der Waals surface area (Å²) in [6.07, 6.45) is 0.305. The van der Waals surface area contributed by atoms with E-state index in [4.69, 9.17) is 16.3 Å². The Labute approximate surface area is 108 Å². The highest BCUT2D eigenvalue weighted by Crippen LogP contribution is 2.15. The number of methoxy groups -OCH3 is 1. The lowest BCUT2D eigenvalue weighted by molar-refractivity contribution is 0.0594. The van der Waals surface area contributed by atoms with E-state index in [1.807, 2.05) is 19.1 Å². The quantitative estimate of drug-likeness (QED) is 0.736. The van der Waals surface area contributed by atoms with Crippen molar-refractivity contribution in [2.24, 2.45) is 0 Å². The second-order valence-corrected chi connectivity index (χ2v) is 4.57. The molecule has 0 heterocycles. The molecule has 1 aromatic carbocycles. The highest BCUT2D eigenvalue weighted by atomic mass is 35.5. The van der Waals surface area contributed by atoms with Crippen molar-refractivity contribution in [3.05, 3.63) is 34.3 Å². The summed E-state index contributed by atoms with van der Waals surface area (Å²) in [6, 6.07) is 5.99. The fourth-order valence-electron chi connectivity index (χ4n) is 1.59. The molecule has 0 aromatic heterocycles. The van der Waals surface area contributed by atoms with Crippen LogP contribution in [0.1, 0.15) is 17.5 Å². The minimum atomic E-state index is -0.389. The van der Waals surface area contributed by atoms with E-state index in [1.54, 1.807) is 7.11 Å². The van der Waals surface area contributed by atoms with Crippen LogP contribution in [0.5, 0.6) is 0 Å². The molecule has 0 saturated heterocycles. The summed E-state index contributed by atoms with van der Waals surface area (Å²) in [7, 11) is 1.59. The number of aliphatic hydroxyl groups excluding tert-OH is 1. The van der Waals surface area contributed by atoms with Crippen LogP contribution in [0.25, 0.3) is 0 Å². The first-order valence-electron chi connectivity index (χ1n) is 5.76. The van der Waals surface area contributed by atoms with Crippen LogP contribution in [0.15, 0.2) is 18.2 Å². The Kier molecular flexibility index (Phi) is 6.52. The van der Waals surface area contributed by atoms with Crippen molar-refractivity contribution < 1.29 is 9.84 Å². The molecule has 0 amide bonds. The minimum absolute atomic E-state index is 0.389. The number of ether oxygens (including phenoxy) is 1. The lowest BCUT2D eigenvalue weighted by Crippen LogP contribution is -2.23. The third-order valence-electron chi connectivity index (χ3n) is 2.56. The maximum Gasteiger partial charge on any atom is 0.0785 e. The smallest absolute Gasteiger partial charge is 0.0785 e. The largest absolute Gasteiger partial charge is 0.391 e. The monoisotopic (exact) mass is 257 g/mol. The summed E-state index contributed by atoms with van der Waals surface area (Å²) in [5.74, 6) is 0. The highest BCUT2D eigenvalue weighted by Gasteiger charge is 2.02. The Morgan fingerprint density at radius 1 is 1.47 bits per heavy atom. The molecule has 17 heavy (non-hydrogen) atoms. The molecule has 2 N–H and O–H groups in total. The lowest BCUT2D eigenvalue weighted by atomic mass is 10.1. The molecular formula is C13H20ClNO2. The van der Waals surface area contributed by atoms with Gasteiger partial charge < -0.3 is 15.2 Å². The third kappa shape index (κ3) is 5.50. The molecule has 0 aliphatic carbocycles. The normalized spacial score (nSPS) is 12.7. The Bertz CT molecular complexity index is 344. The number of benzene rings is 1. The van der Waals surface area contributed by atoms with Crippen LogP contribution in [0, 0.1) is 6.92 Å². The van der Waals surface area contributed by atoms with Crippen LogP contribution in [0.2, 0.25) is 5.02 Å². The predicted octanol–water partition coefficient (Wildman–Crippen LogP) is 2.14.